The van der Waals surface area contributed by atoms with Crippen LogP contribution in [0.5, 0.6) is 0 Å². The van der Waals surface area contributed by atoms with E-state index < -0.39 is 11.4 Å². The Kier molecular flexibility index (Phi) is 5.91. The Bertz CT molecular complexity index is 772. The highest BCUT2D eigenvalue weighted by atomic mass is 35.5. The van der Waals surface area contributed by atoms with Crippen molar-refractivity contribution in [3.8, 4) is 0 Å². The lowest BCUT2D eigenvalue weighted by molar-refractivity contribution is 0.0881. The molecule has 3 N–H and O–H groups in total. The molecule has 2 aromatic rings. The van der Waals surface area contributed by atoms with Gasteiger partial charge < -0.3 is 11.1 Å². The van der Waals surface area contributed by atoms with Gasteiger partial charge in [-0.05, 0) is 37.5 Å². The van der Waals surface area contributed by atoms with Crippen molar-refractivity contribution in [3.63, 3.8) is 0 Å². The predicted molar refractivity (Wildman–Crippen MR) is 93.2 cm³/mol. The van der Waals surface area contributed by atoms with E-state index >= 15 is 0 Å². The van der Waals surface area contributed by atoms with Crippen LogP contribution in [-0.2, 0) is 0 Å². The molecule has 2 rings (SSSR count). The first-order valence-electron chi connectivity index (χ1n) is 7.29. The third-order valence-corrected chi connectivity index (χ3v) is 4.21. The molecule has 126 valence electrons. The number of carbonyl (C=O) groups excluding carboxylic acids is 1. The highest BCUT2D eigenvalue weighted by Gasteiger charge is 2.30. The number of nitrogens with zero attached hydrogens (tertiary/aromatic N) is 2. The molecule has 2 heterocycles. The average molecular weight is 339 g/mol. The van der Waals surface area contributed by atoms with Crippen LogP contribution in [0.15, 0.2) is 29.3 Å². The summed E-state index contributed by atoms with van der Waals surface area (Å²) < 4.78 is 1.37. The Balaban J connectivity index is 0.00000264. The van der Waals surface area contributed by atoms with Crippen molar-refractivity contribution in [1.29, 1.82) is 0 Å². The lowest BCUT2D eigenvalue weighted by atomic mass is 9.88. The summed E-state index contributed by atoms with van der Waals surface area (Å²) in [6.07, 6.45) is 2.95. The summed E-state index contributed by atoms with van der Waals surface area (Å²) in [7, 11) is 0. The van der Waals surface area contributed by atoms with Crippen LogP contribution in [-0.4, -0.2) is 27.4 Å². The number of halogens is 1. The van der Waals surface area contributed by atoms with Crippen molar-refractivity contribution in [2.45, 2.75) is 33.2 Å². The molecule has 6 nitrogen and oxygen atoms in total. The quantitative estimate of drug-likeness (QED) is 0.884. The number of pyridine rings is 1. The Labute approximate surface area is 141 Å². The summed E-state index contributed by atoms with van der Waals surface area (Å²) in [5.41, 5.74) is 6.34. The zero-order valence-electron chi connectivity index (χ0n) is 13.8. The minimum Gasteiger partial charge on any atom is -0.345 e. The number of aromatic nitrogens is 2. The molecule has 1 atom stereocenters. The molecular weight excluding hydrogens is 316 g/mol. The highest BCUT2D eigenvalue weighted by Crippen LogP contribution is 2.15. The van der Waals surface area contributed by atoms with Crippen LogP contribution in [0, 0.1) is 12.8 Å². The van der Waals surface area contributed by atoms with Gasteiger partial charge in [-0.3, -0.25) is 14.0 Å². The second kappa shape index (κ2) is 7.10. The number of nitrogens with two attached hydrogens (primary N) is 1. The minimum atomic E-state index is -0.573. The standard InChI is InChI=1S/C16H22N4O2.ClH/c1-10(2)16(4,9-17)19-14(21)12-8-18-13-7-11(3)5-6-20(13)15(12)22;/h5-8,10H,9,17H2,1-4H3,(H,19,21);1H. The van der Waals surface area contributed by atoms with Crippen LogP contribution < -0.4 is 16.6 Å². The Hall–Kier alpha value is -1.92. The Morgan fingerprint density at radius 2 is 2.13 bits per heavy atom. The number of carbonyl (C=O) groups is 1. The number of hydrogen-bond acceptors (Lipinski definition) is 4. The van der Waals surface area contributed by atoms with E-state index in [1.54, 1.807) is 18.3 Å². The molecule has 1 amide bonds. The highest BCUT2D eigenvalue weighted by molar-refractivity contribution is 5.94. The van der Waals surface area contributed by atoms with E-state index in [1.807, 2.05) is 27.7 Å². The maximum atomic E-state index is 12.5. The van der Waals surface area contributed by atoms with Gasteiger partial charge in [0.15, 0.2) is 0 Å². The first-order valence-corrected chi connectivity index (χ1v) is 7.29. The van der Waals surface area contributed by atoms with Crippen LogP contribution in [0.2, 0.25) is 0 Å². The van der Waals surface area contributed by atoms with E-state index in [0.29, 0.717) is 5.65 Å². The Morgan fingerprint density at radius 1 is 1.48 bits per heavy atom. The summed E-state index contributed by atoms with van der Waals surface area (Å²) in [5.74, 6) is -0.311. The second-order valence-corrected chi connectivity index (χ2v) is 6.14. The molecule has 0 aromatic carbocycles. The third-order valence-electron chi connectivity index (χ3n) is 4.21. The van der Waals surface area contributed by atoms with Crippen molar-refractivity contribution < 1.29 is 4.79 Å². The SMILES string of the molecule is Cc1ccn2c(=O)c(C(=O)NC(C)(CN)C(C)C)cnc2c1.Cl. The third kappa shape index (κ3) is 3.71. The monoisotopic (exact) mass is 338 g/mol. The van der Waals surface area contributed by atoms with Gasteiger partial charge in [-0.25, -0.2) is 4.98 Å². The molecule has 23 heavy (non-hydrogen) atoms. The molecule has 0 bridgehead atoms. The van der Waals surface area contributed by atoms with E-state index in [1.165, 1.54) is 10.6 Å². The van der Waals surface area contributed by atoms with E-state index in [4.69, 9.17) is 5.73 Å². The molecule has 0 aliphatic carbocycles. The molecule has 0 aliphatic rings. The molecule has 0 saturated carbocycles. The summed E-state index contributed by atoms with van der Waals surface area (Å²) in [5, 5.41) is 2.86. The first kappa shape index (κ1) is 19.1. The van der Waals surface area contributed by atoms with Crippen LogP contribution in [0.1, 0.15) is 36.7 Å². The molecule has 0 fully saturated rings. The molecule has 0 spiro atoms. The van der Waals surface area contributed by atoms with E-state index in [0.717, 1.165) is 5.56 Å². The van der Waals surface area contributed by atoms with Crippen molar-refractivity contribution >= 4 is 24.0 Å². The van der Waals surface area contributed by atoms with Gasteiger partial charge in [0.2, 0.25) is 0 Å². The van der Waals surface area contributed by atoms with Crippen molar-refractivity contribution in [2.75, 3.05) is 6.54 Å². The molecule has 7 heteroatoms. The largest absolute Gasteiger partial charge is 0.345 e. The topological polar surface area (TPSA) is 89.5 Å². The number of rotatable bonds is 4. The van der Waals surface area contributed by atoms with Gasteiger partial charge in [0.1, 0.15) is 11.2 Å². The summed E-state index contributed by atoms with van der Waals surface area (Å²) in [6, 6.07) is 3.59. The lowest BCUT2D eigenvalue weighted by Gasteiger charge is -2.33. The number of hydrogen-bond donors (Lipinski definition) is 2. The summed E-state index contributed by atoms with van der Waals surface area (Å²) in [6.45, 7) is 8.02. The normalized spacial score (nSPS) is 13.5. The molecule has 2 aromatic heterocycles. The number of amides is 1. The van der Waals surface area contributed by atoms with Crippen molar-refractivity contribution in [3.05, 3.63) is 46.0 Å². The van der Waals surface area contributed by atoms with Gasteiger partial charge in [0.25, 0.3) is 11.5 Å². The van der Waals surface area contributed by atoms with Gasteiger partial charge in [0, 0.05) is 18.9 Å². The van der Waals surface area contributed by atoms with Crippen LogP contribution >= 0.6 is 12.4 Å². The van der Waals surface area contributed by atoms with E-state index in [-0.39, 0.29) is 36.0 Å². The maximum Gasteiger partial charge on any atom is 0.270 e. The van der Waals surface area contributed by atoms with Crippen LogP contribution in [0.4, 0.5) is 0 Å². The fraction of sp³-hybridized carbons (Fsp3) is 0.438. The van der Waals surface area contributed by atoms with E-state index in [2.05, 4.69) is 10.3 Å². The zero-order valence-corrected chi connectivity index (χ0v) is 14.6. The Morgan fingerprint density at radius 3 is 2.70 bits per heavy atom. The van der Waals surface area contributed by atoms with Crippen LogP contribution in [0.25, 0.3) is 5.65 Å². The fourth-order valence-corrected chi connectivity index (χ4v) is 2.09. The van der Waals surface area contributed by atoms with Gasteiger partial charge >= 0.3 is 0 Å². The summed E-state index contributed by atoms with van der Waals surface area (Å²) >= 11 is 0. The lowest BCUT2D eigenvalue weighted by Crippen LogP contribution is -2.55. The van der Waals surface area contributed by atoms with Gasteiger partial charge in [-0.2, -0.15) is 0 Å². The molecular formula is C16H23ClN4O2. The molecule has 0 radical (unpaired) electrons. The number of aryl methyl sites for hydroxylation is 1. The second-order valence-electron chi connectivity index (χ2n) is 6.14. The van der Waals surface area contributed by atoms with Gasteiger partial charge in [-0.1, -0.05) is 13.8 Å². The molecule has 0 aliphatic heterocycles. The average Bonchev–Trinajstić information content (AvgIpc) is 2.46. The van der Waals surface area contributed by atoms with Crippen LogP contribution in [0.3, 0.4) is 0 Å². The first-order chi connectivity index (χ1) is 10.3. The van der Waals surface area contributed by atoms with Gasteiger partial charge in [0.05, 0.1) is 5.54 Å². The number of fused-ring (bicyclic) bond motifs is 1. The van der Waals surface area contributed by atoms with Crippen molar-refractivity contribution in [2.24, 2.45) is 11.7 Å². The summed E-state index contributed by atoms with van der Waals surface area (Å²) in [4.78, 5) is 29.1. The minimum absolute atomic E-state index is 0. The van der Waals surface area contributed by atoms with E-state index in [9.17, 15) is 9.59 Å². The smallest absolute Gasteiger partial charge is 0.270 e. The molecule has 1 unspecified atom stereocenters. The number of nitrogens with one attached hydrogen (secondary N) is 1. The maximum absolute atomic E-state index is 12.5. The predicted octanol–water partition coefficient (Wildman–Crippen LogP) is 1.53. The zero-order chi connectivity index (χ0) is 16.5. The molecule has 0 saturated heterocycles. The fourth-order valence-electron chi connectivity index (χ4n) is 2.09. The van der Waals surface area contributed by atoms with Gasteiger partial charge in [-0.15, -0.1) is 12.4 Å². The van der Waals surface area contributed by atoms with Crippen molar-refractivity contribution in [1.82, 2.24) is 14.7 Å².